The zero-order valence-electron chi connectivity index (χ0n) is 6.48. The Bertz CT molecular complexity index is 172. The molecule has 0 aromatic rings. The lowest BCUT2D eigenvalue weighted by Gasteiger charge is -2.29. The van der Waals surface area contributed by atoms with Gasteiger partial charge in [0.05, 0.1) is 0 Å². The van der Waals surface area contributed by atoms with Crippen molar-refractivity contribution in [1.82, 2.24) is 5.48 Å². The molecule has 0 bridgehead atoms. The number of hydrogen-bond donors (Lipinski definition) is 1. The highest BCUT2D eigenvalue weighted by atomic mass is 16.7. The molecule has 10 heavy (non-hydrogen) atoms. The van der Waals surface area contributed by atoms with Crippen LogP contribution in [0.2, 0.25) is 0 Å². The molecule has 56 valence electrons. The summed E-state index contributed by atoms with van der Waals surface area (Å²) in [5.41, 5.74) is 4.00. The summed E-state index contributed by atoms with van der Waals surface area (Å²) in [6, 6.07) is 0.368. The molecule has 0 radical (unpaired) electrons. The van der Waals surface area contributed by atoms with Crippen LogP contribution in [0.5, 0.6) is 0 Å². The third-order valence-corrected chi connectivity index (χ3v) is 1.68. The van der Waals surface area contributed by atoms with Crippen molar-refractivity contribution >= 4 is 0 Å². The van der Waals surface area contributed by atoms with Gasteiger partial charge >= 0.3 is 0 Å². The van der Waals surface area contributed by atoms with Gasteiger partial charge in [0, 0.05) is 0 Å². The van der Waals surface area contributed by atoms with Gasteiger partial charge in [-0.05, 0) is 18.9 Å². The van der Waals surface area contributed by atoms with Crippen LogP contribution in [0.15, 0.2) is 24.0 Å². The normalized spacial score (nSPS) is 28.4. The summed E-state index contributed by atoms with van der Waals surface area (Å²) in [5, 5.41) is 0. The predicted molar refractivity (Wildman–Crippen MR) is 41.2 cm³/mol. The van der Waals surface area contributed by atoms with E-state index in [9.17, 15) is 0 Å². The zero-order valence-corrected chi connectivity index (χ0v) is 6.48. The monoisotopic (exact) mass is 139 g/mol. The first kappa shape index (κ1) is 7.35. The second kappa shape index (κ2) is 2.88. The van der Waals surface area contributed by atoms with Gasteiger partial charge in [-0.25, -0.2) is 0 Å². The average molecular weight is 139 g/mol. The number of hydrogen-bond acceptors (Lipinski definition) is 2. The Morgan fingerprint density at radius 1 is 1.90 bits per heavy atom. The summed E-state index contributed by atoms with van der Waals surface area (Å²) in [7, 11) is 0. The van der Waals surface area contributed by atoms with Gasteiger partial charge in [-0.1, -0.05) is 19.6 Å². The minimum Gasteiger partial charge on any atom is -0.410 e. The number of rotatable bonds is 2. The lowest BCUT2D eigenvalue weighted by atomic mass is 10.1. The minimum atomic E-state index is 0.368. The number of nitrogens with one attached hydrogen (secondary N) is 1. The van der Waals surface area contributed by atoms with Crippen LogP contribution in [-0.4, -0.2) is 6.04 Å². The molecular weight excluding hydrogens is 126 g/mol. The molecule has 0 amide bonds. The lowest BCUT2D eigenvalue weighted by molar-refractivity contribution is -0.0216. The van der Waals surface area contributed by atoms with Crippen molar-refractivity contribution in [1.29, 1.82) is 0 Å². The molecule has 1 aliphatic heterocycles. The van der Waals surface area contributed by atoms with Gasteiger partial charge in [0.15, 0.2) is 0 Å². The summed E-state index contributed by atoms with van der Waals surface area (Å²) in [6.07, 6.45) is 2.84. The van der Waals surface area contributed by atoms with Crippen molar-refractivity contribution in [2.24, 2.45) is 0 Å². The molecule has 0 aromatic carbocycles. The van der Waals surface area contributed by atoms with Crippen molar-refractivity contribution in [3.8, 4) is 0 Å². The molecule has 1 fully saturated rings. The highest BCUT2D eigenvalue weighted by Gasteiger charge is 2.23. The Morgan fingerprint density at radius 3 is 2.70 bits per heavy atom. The highest BCUT2D eigenvalue weighted by molar-refractivity contribution is 5.25. The van der Waals surface area contributed by atoms with E-state index in [1.807, 2.05) is 6.08 Å². The first-order valence-corrected chi connectivity index (χ1v) is 3.57. The average Bonchev–Trinajstić information content (AvgIpc) is 1.96. The maximum absolute atomic E-state index is 5.05. The van der Waals surface area contributed by atoms with E-state index < -0.39 is 0 Å². The molecular formula is C8H13NO. The van der Waals surface area contributed by atoms with Crippen molar-refractivity contribution in [2.75, 3.05) is 0 Å². The Labute approximate surface area is 61.5 Å². The van der Waals surface area contributed by atoms with Gasteiger partial charge in [-0.2, -0.15) is 0 Å². The Balaban J connectivity index is 2.71. The van der Waals surface area contributed by atoms with E-state index in [0.717, 1.165) is 12.2 Å². The van der Waals surface area contributed by atoms with Crippen LogP contribution in [0.3, 0.4) is 0 Å². The SMILES string of the molecule is C=C/C(CC)=C1\ONC1C. The smallest absolute Gasteiger partial charge is 0.147 e. The van der Waals surface area contributed by atoms with Crippen molar-refractivity contribution in [3.63, 3.8) is 0 Å². The first-order chi connectivity index (χ1) is 4.79. The second-order valence-corrected chi connectivity index (χ2v) is 2.39. The summed E-state index contributed by atoms with van der Waals surface area (Å²) in [5.74, 6) is 1.04. The molecule has 1 saturated heterocycles. The van der Waals surface area contributed by atoms with Gasteiger partial charge in [-0.15, -0.1) is 5.48 Å². The van der Waals surface area contributed by atoms with E-state index >= 15 is 0 Å². The van der Waals surface area contributed by atoms with E-state index in [2.05, 4.69) is 25.9 Å². The summed E-state index contributed by atoms with van der Waals surface area (Å²) in [6.45, 7) is 7.87. The standard InChI is InChI=1S/C8H13NO/c1-4-7(5-2)8-6(3)9-10-8/h4,6,9H,1,5H2,2-3H3/b8-7+. The number of allylic oxidation sites excluding steroid dienone is 2. The Morgan fingerprint density at radius 2 is 2.60 bits per heavy atom. The van der Waals surface area contributed by atoms with E-state index in [1.54, 1.807) is 0 Å². The minimum absolute atomic E-state index is 0.368. The van der Waals surface area contributed by atoms with E-state index in [-0.39, 0.29) is 0 Å². The van der Waals surface area contributed by atoms with Crippen LogP contribution in [-0.2, 0) is 4.84 Å². The molecule has 1 N–H and O–H groups in total. The van der Waals surface area contributed by atoms with Crippen molar-refractivity contribution in [3.05, 3.63) is 24.0 Å². The fraction of sp³-hybridized carbons (Fsp3) is 0.500. The molecule has 1 unspecified atom stereocenters. The zero-order chi connectivity index (χ0) is 7.56. The van der Waals surface area contributed by atoms with Crippen molar-refractivity contribution in [2.45, 2.75) is 26.3 Å². The van der Waals surface area contributed by atoms with E-state index in [4.69, 9.17) is 4.84 Å². The Kier molecular flexibility index (Phi) is 2.12. The van der Waals surface area contributed by atoms with Crippen LogP contribution >= 0.6 is 0 Å². The fourth-order valence-electron chi connectivity index (χ4n) is 0.999. The van der Waals surface area contributed by atoms with Crippen LogP contribution in [0.25, 0.3) is 0 Å². The van der Waals surface area contributed by atoms with Crippen LogP contribution < -0.4 is 5.48 Å². The highest BCUT2D eigenvalue weighted by Crippen LogP contribution is 2.20. The summed E-state index contributed by atoms with van der Waals surface area (Å²) >= 11 is 0. The summed E-state index contributed by atoms with van der Waals surface area (Å²) in [4.78, 5) is 5.05. The molecule has 0 aromatic heterocycles. The topological polar surface area (TPSA) is 21.3 Å². The fourth-order valence-corrected chi connectivity index (χ4v) is 0.999. The molecule has 0 aliphatic carbocycles. The molecule has 0 spiro atoms. The van der Waals surface area contributed by atoms with E-state index in [0.29, 0.717) is 6.04 Å². The van der Waals surface area contributed by atoms with Crippen LogP contribution in [0.4, 0.5) is 0 Å². The van der Waals surface area contributed by atoms with E-state index in [1.165, 1.54) is 5.57 Å². The molecule has 1 heterocycles. The third-order valence-electron chi connectivity index (χ3n) is 1.68. The van der Waals surface area contributed by atoms with Gasteiger partial charge in [0.1, 0.15) is 11.8 Å². The number of hydroxylamine groups is 1. The van der Waals surface area contributed by atoms with Crippen LogP contribution in [0, 0.1) is 0 Å². The first-order valence-electron chi connectivity index (χ1n) is 3.57. The van der Waals surface area contributed by atoms with Crippen LogP contribution in [0.1, 0.15) is 20.3 Å². The lowest BCUT2D eigenvalue weighted by Crippen LogP contribution is -2.41. The third kappa shape index (κ3) is 1.07. The Hall–Kier alpha value is -0.760. The van der Waals surface area contributed by atoms with Gasteiger partial charge < -0.3 is 4.84 Å². The molecule has 1 rings (SSSR count). The van der Waals surface area contributed by atoms with Crippen molar-refractivity contribution < 1.29 is 4.84 Å². The molecule has 0 saturated carbocycles. The maximum Gasteiger partial charge on any atom is 0.147 e. The molecule has 1 atom stereocenters. The molecule has 1 aliphatic rings. The maximum atomic E-state index is 5.05. The summed E-state index contributed by atoms with van der Waals surface area (Å²) < 4.78 is 0. The van der Waals surface area contributed by atoms with Gasteiger partial charge in [0.25, 0.3) is 0 Å². The van der Waals surface area contributed by atoms with Gasteiger partial charge in [0.2, 0.25) is 0 Å². The molecule has 2 nitrogen and oxygen atoms in total. The second-order valence-electron chi connectivity index (χ2n) is 2.39. The predicted octanol–water partition coefficient (Wildman–Crippen LogP) is 1.76. The van der Waals surface area contributed by atoms with Gasteiger partial charge in [-0.3, -0.25) is 0 Å². The largest absolute Gasteiger partial charge is 0.410 e. The molecule has 2 heteroatoms. The quantitative estimate of drug-likeness (QED) is 0.629.